The molecular formula is C71H108N18O19. The van der Waals surface area contributed by atoms with Crippen molar-refractivity contribution in [3.8, 4) is 0 Å². The van der Waals surface area contributed by atoms with Crippen molar-refractivity contribution in [3.63, 3.8) is 0 Å². The second kappa shape index (κ2) is 44.3. The molecule has 0 radical (unpaired) electrons. The number of aromatic amines is 1. The van der Waals surface area contributed by atoms with Gasteiger partial charge in [0.2, 0.25) is 76.8 Å². The number of aliphatic imine (C=N–C) groups is 1. The Hall–Kier alpha value is -10.8. The van der Waals surface area contributed by atoms with Crippen molar-refractivity contribution in [1.29, 1.82) is 0 Å². The van der Waals surface area contributed by atoms with Crippen molar-refractivity contribution in [3.05, 3.63) is 71.9 Å². The first-order valence-corrected chi connectivity index (χ1v) is 35.9. The molecule has 13 amide bonds. The molecule has 2 heterocycles. The van der Waals surface area contributed by atoms with Gasteiger partial charge in [-0.15, -0.1) is 0 Å². The van der Waals surface area contributed by atoms with Crippen molar-refractivity contribution >= 4 is 106 Å². The molecule has 2 aromatic carbocycles. The number of H-pyrrole nitrogens is 1. The van der Waals surface area contributed by atoms with Gasteiger partial charge in [-0.25, -0.2) is 4.79 Å². The number of aliphatic hydroxyl groups excluding tert-OH is 2. The molecule has 1 aliphatic heterocycles. The Morgan fingerprint density at radius 1 is 0.537 bits per heavy atom. The lowest BCUT2D eigenvalue weighted by Crippen LogP contribution is -2.61. The monoisotopic (exact) mass is 1520 g/mol. The number of para-hydroxylation sites is 1. The maximum atomic E-state index is 14.7. The van der Waals surface area contributed by atoms with Crippen molar-refractivity contribution in [2.45, 2.75) is 205 Å². The molecule has 1 fully saturated rings. The van der Waals surface area contributed by atoms with Crippen LogP contribution >= 0.6 is 0 Å². The summed E-state index contributed by atoms with van der Waals surface area (Å²) in [6.07, 6.45) is -0.178. The molecule has 0 spiro atoms. The van der Waals surface area contributed by atoms with Crippen LogP contribution < -0.4 is 81.4 Å². The third-order valence-electron chi connectivity index (χ3n) is 17.6. The van der Waals surface area contributed by atoms with E-state index < -0.39 is 206 Å². The zero-order valence-corrected chi connectivity index (χ0v) is 62.1. The summed E-state index contributed by atoms with van der Waals surface area (Å²) in [5, 5.41) is 68.3. The summed E-state index contributed by atoms with van der Waals surface area (Å²) in [6, 6.07) is -2.00. The number of fused-ring (bicyclic) bond motifs is 1. The lowest BCUT2D eigenvalue weighted by Gasteiger charge is -2.31. The van der Waals surface area contributed by atoms with E-state index in [1.807, 2.05) is 0 Å². The highest BCUT2D eigenvalue weighted by molar-refractivity contribution is 6.00. The fraction of sp³-hybridized carbons (Fsp3) is 0.577. The number of primary amides is 1. The molecule has 1 saturated heterocycles. The number of hydrogen-bond acceptors (Lipinski definition) is 19. The number of aliphatic carboxylic acids is 2. The SMILES string of the molecule is CC(C)C[C@H](NC(=O)[C@H](Cc1ccccc1)NC(=O)CNC(=O)[C@@H](NC(=O)[C@@H]1CCCN1C(=O)[C@H](CCC(=O)O)NC(=O)[C@H](CC(C)C)NC(=O)[C@H](Cc1c[nH]c2ccccc12)NC(=O)[C@H](CO)NC(=O)[C@@H](N)CCC(N)=O)C(C)C)C(=O)N[C@@H](CCCN=C(N)N)C(=O)N[C@@H](CO)C(=O)N[C@H](C(=O)O)C(C)C. The van der Waals surface area contributed by atoms with Crippen LogP contribution in [-0.2, 0) is 84.8 Å². The number of aromatic nitrogens is 1. The Kier molecular flexibility index (Phi) is 36.8. The number of guanidine groups is 1. The molecule has 1 aliphatic rings. The predicted molar refractivity (Wildman–Crippen MR) is 393 cm³/mol. The van der Waals surface area contributed by atoms with Crippen LogP contribution in [0.1, 0.15) is 131 Å². The molecule has 4 rings (SSSR count). The summed E-state index contributed by atoms with van der Waals surface area (Å²) in [5.74, 6) is -16.6. The summed E-state index contributed by atoms with van der Waals surface area (Å²) in [6.45, 7) is 10.5. The third-order valence-corrected chi connectivity index (χ3v) is 17.6. The smallest absolute Gasteiger partial charge is 0.326 e. The van der Waals surface area contributed by atoms with Gasteiger partial charge in [-0.3, -0.25) is 72.1 Å². The van der Waals surface area contributed by atoms with Gasteiger partial charge < -0.3 is 112 Å². The van der Waals surface area contributed by atoms with Gasteiger partial charge in [-0.2, -0.15) is 0 Å². The number of nitrogens with zero attached hydrogens (tertiary/aromatic N) is 2. The van der Waals surface area contributed by atoms with Gasteiger partial charge in [0.15, 0.2) is 5.96 Å². The summed E-state index contributed by atoms with van der Waals surface area (Å²) in [7, 11) is 0. The first-order chi connectivity index (χ1) is 50.9. The zero-order valence-electron chi connectivity index (χ0n) is 62.1. The van der Waals surface area contributed by atoms with E-state index in [0.717, 1.165) is 4.90 Å². The number of carbonyl (C=O) groups is 15. The number of likely N-dealkylation sites (tertiary alicyclic amines) is 1. The lowest BCUT2D eigenvalue weighted by atomic mass is 9.99. The van der Waals surface area contributed by atoms with Crippen LogP contribution in [0, 0.1) is 23.7 Å². The molecule has 596 valence electrons. The fourth-order valence-electron chi connectivity index (χ4n) is 11.8. The Morgan fingerprint density at radius 3 is 1.58 bits per heavy atom. The van der Waals surface area contributed by atoms with Gasteiger partial charge in [0.1, 0.15) is 66.5 Å². The van der Waals surface area contributed by atoms with Crippen LogP contribution in [-0.4, -0.2) is 230 Å². The Bertz CT molecular complexity index is 3640. The number of hydrogen-bond donors (Lipinski definition) is 20. The van der Waals surface area contributed by atoms with Crippen LogP contribution in [0.5, 0.6) is 0 Å². The van der Waals surface area contributed by atoms with Crippen LogP contribution in [0.4, 0.5) is 0 Å². The van der Waals surface area contributed by atoms with E-state index in [0.29, 0.717) is 22.0 Å². The average Bonchev–Trinajstić information content (AvgIpc) is 1.54. The van der Waals surface area contributed by atoms with E-state index in [2.05, 4.69) is 68.5 Å². The molecular weight excluding hydrogens is 1410 g/mol. The van der Waals surface area contributed by atoms with E-state index in [9.17, 15) is 92.3 Å². The summed E-state index contributed by atoms with van der Waals surface area (Å²) in [4.78, 5) is 212. The largest absolute Gasteiger partial charge is 0.481 e. The molecule has 12 atom stereocenters. The average molecular weight is 1520 g/mol. The number of nitrogens with one attached hydrogen (secondary N) is 12. The van der Waals surface area contributed by atoms with Crippen molar-refractivity contribution < 1.29 is 92.3 Å². The minimum atomic E-state index is -1.66. The molecule has 0 unspecified atom stereocenters. The van der Waals surface area contributed by atoms with Crippen molar-refractivity contribution in [1.82, 2.24) is 68.4 Å². The quantitative estimate of drug-likeness (QED) is 0.0145. The van der Waals surface area contributed by atoms with Gasteiger partial charge in [-0.05, 0) is 92.2 Å². The number of benzene rings is 2. The minimum Gasteiger partial charge on any atom is -0.481 e. The lowest BCUT2D eigenvalue weighted by molar-refractivity contribution is -0.144. The highest BCUT2D eigenvalue weighted by atomic mass is 16.4. The Morgan fingerprint density at radius 2 is 1.04 bits per heavy atom. The molecule has 0 aliphatic carbocycles. The van der Waals surface area contributed by atoms with E-state index >= 15 is 0 Å². The van der Waals surface area contributed by atoms with Gasteiger partial charge in [-0.1, -0.05) is 104 Å². The number of aliphatic hydroxyl groups is 2. The summed E-state index contributed by atoms with van der Waals surface area (Å²) in [5.41, 5.74) is 23.9. The zero-order chi connectivity index (χ0) is 80.6. The normalized spacial score (nSPS) is 15.8. The molecule has 0 saturated carbocycles. The topological polar surface area (TPSA) is 605 Å². The van der Waals surface area contributed by atoms with E-state index in [1.54, 1.807) is 102 Å². The second-order valence-electron chi connectivity index (χ2n) is 28.1. The number of amides is 13. The van der Waals surface area contributed by atoms with Crippen molar-refractivity contribution in [2.75, 3.05) is 32.8 Å². The van der Waals surface area contributed by atoms with Crippen LogP contribution in [0.2, 0.25) is 0 Å². The predicted octanol–water partition coefficient (Wildman–Crippen LogP) is -4.11. The molecule has 24 N–H and O–H groups in total. The van der Waals surface area contributed by atoms with Crippen LogP contribution in [0.25, 0.3) is 10.9 Å². The van der Waals surface area contributed by atoms with Gasteiger partial charge >= 0.3 is 11.9 Å². The Balaban J connectivity index is 1.53. The highest BCUT2D eigenvalue weighted by Crippen LogP contribution is 2.23. The molecule has 37 nitrogen and oxygen atoms in total. The standard InChI is InChI=1S/C71H108N18O19/c1-36(2)28-47(61(98)80-45(20-14-26-76-71(74)75)60(97)86-52(35-91)66(103)88-58(39(7)8)70(107)108)82-63(100)49(30-40-16-10-9-11-17-40)79-55(93)33-78-68(105)57(38(5)6)87-67(104)53-21-15-27-89(53)69(106)46(23-25-56(94)95)81-62(99)48(29-37(3)4)83-64(101)50(31-41-32-77-44-19-13-12-18-42(41)44)84-65(102)51(34-90)85-59(96)43(72)22-24-54(73)92/h9-13,16-19,32,36-39,43,45-53,57-58,77,90-91H,14-15,20-31,33-35,72H2,1-8H3,(H2,73,92)(H,78,105)(H,79,93)(H,80,98)(H,81,99)(H,82,100)(H,83,101)(H,84,102)(H,85,96)(H,86,97)(H,87,104)(H,88,103)(H,94,95)(H,107,108)(H4,74,75,76)/t43-,45-,46-,47-,48-,49-,50-,51-,52-,53-,57-,58-/m0/s1. The van der Waals surface area contributed by atoms with Gasteiger partial charge in [0.25, 0.3) is 0 Å². The molecule has 0 bridgehead atoms. The van der Waals surface area contributed by atoms with E-state index in [-0.39, 0.29) is 95.1 Å². The molecule has 1 aromatic heterocycles. The van der Waals surface area contributed by atoms with E-state index in [4.69, 9.17) is 22.9 Å². The fourth-order valence-corrected chi connectivity index (χ4v) is 11.8. The first kappa shape index (κ1) is 89.6. The summed E-state index contributed by atoms with van der Waals surface area (Å²) < 4.78 is 0. The number of nitrogens with two attached hydrogens (primary N) is 4. The number of carboxylic acid groups (broad SMARTS) is 2. The number of rotatable bonds is 46. The number of carboxylic acids is 2. The molecule has 37 heteroatoms. The third kappa shape index (κ3) is 29.5. The van der Waals surface area contributed by atoms with Gasteiger partial charge in [0, 0.05) is 55.9 Å². The minimum absolute atomic E-state index is 0.00562. The Labute approximate surface area is 625 Å². The first-order valence-electron chi connectivity index (χ1n) is 35.9. The second-order valence-corrected chi connectivity index (χ2v) is 28.1. The van der Waals surface area contributed by atoms with Crippen molar-refractivity contribution in [2.24, 2.45) is 51.6 Å². The summed E-state index contributed by atoms with van der Waals surface area (Å²) >= 11 is 0. The van der Waals surface area contributed by atoms with E-state index in [1.165, 1.54) is 13.8 Å². The highest BCUT2D eigenvalue weighted by Gasteiger charge is 2.42. The maximum absolute atomic E-state index is 14.7. The maximum Gasteiger partial charge on any atom is 0.326 e. The van der Waals surface area contributed by atoms with Gasteiger partial charge in [0.05, 0.1) is 25.8 Å². The molecule has 3 aromatic rings. The number of carbonyl (C=O) groups excluding carboxylic acids is 13. The molecule has 108 heavy (non-hydrogen) atoms. The van der Waals surface area contributed by atoms with Crippen LogP contribution in [0.3, 0.4) is 0 Å². The van der Waals surface area contributed by atoms with Crippen LogP contribution in [0.15, 0.2) is 65.8 Å².